The Balaban J connectivity index is 2.23. The Morgan fingerprint density at radius 2 is 1.89 bits per heavy atom. The Kier molecular flexibility index (Phi) is 4.03. The number of unbranched alkanes of at least 4 members (excludes halogenated alkanes) is 1. The van der Waals surface area contributed by atoms with Crippen molar-refractivity contribution in [1.82, 2.24) is 9.78 Å². The molecule has 0 radical (unpaired) electrons. The van der Waals surface area contributed by atoms with Crippen LogP contribution in [0.3, 0.4) is 0 Å². The van der Waals surface area contributed by atoms with Crippen LogP contribution in [0.25, 0.3) is 5.69 Å². The first-order valence-corrected chi connectivity index (χ1v) is 6.68. The van der Waals surface area contributed by atoms with Crippen molar-refractivity contribution in [2.24, 2.45) is 0 Å². The van der Waals surface area contributed by atoms with Crippen molar-refractivity contribution in [2.75, 3.05) is 5.73 Å². The normalized spacial score (nSPS) is 10.8. The molecule has 0 fully saturated rings. The summed E-state index contributed by atoms with van der Waals surface area (Å²) in [5.41, 5.74) is 9.46. The molecule has 18 heavy (non-hydrogen) atoms. The predicted molar refractivity (Wildman–Crippen MR) is 76.0 cm³/mol. The van der Waals surface area contributed by atoms with E-state index < -0.39 is 0 Å². The zero-order valence-corrected chi connectivity index (χ0v) is 11.2. The Hall–Kier alpha value is -1.77. The number of anilines is 1. The average molecular weight is 243 g/mol. The van der Waals surface area contributed by atoms with Crippen molar-refractivity contribution < 1.29 is 0 Å². The Morgan fingerprint density at radius 1 is 1.17 bits per heavy atom. The summed E-state index contributed by atoms with van der Waals surface area (Å²) in [5.74, 6) is 0.713. The van der Waals surface area contributed by atoms with E-state index in [1.54, 1.807) is 0 Å². The van der Waals surface area contributed by atoms with E-state index in [1.807, 2.05) is 10.7 Å². The molecule has 2 rings (SSSR count). The minimum absolute atomic E-state index is 0.713. The summed E-state index contributed by atoms with van der Waals surface area (Å²) in [6.07, 6.45) is 4.39. The van der Waals surface area contributed by atoms with Crippen molar-refractivity contribution in [3.63, 3.8) is 0 Å². The lowest BCUT2D eigenvalue weighted by Crippen LogP contribution is -2.02. The molecule has 3 nitrogen and oxygen atoms in total. The Bertz CT molecular complexity index is 497. The maximum atomic E-state index is 6.02. The minimum Gasteiger partial charge on any atom is -0.384 e. The molecule has 0 amide bonds. The first-order chi connectivity index (χ1) is 8.74. The van der Waals surface area contributed by atoms with Gasteiger partial charge in [0.1, 0.15) is 5.82 Å². The highest BCUT2D eigenvalue weighted by Gasteiger charge is 2.06. The number of benzene rings is 1. The molecule has 0 saturated carbocycles. The molecular formula is C15H21N3. The van der Waals surface area contributed by atoms with E-state index in [4.69, 9.17) is 5.73 Å². The molecule has 1 aromatic carbocycles. The zero-order chi connectivity index (χ0) is 13.0. The van der Waals surface area contributed by atoms with Crippen LogP contribution in [-0.4, -0.2) is 9.78 Å². The van der Waals surface area contributed by atoms with Crippen molar-refractivity contribution in [3.05, 3.63) is 41.6 Å². The van der Waals surface area contributed by atoms with Gasteiger partial charge in [0.05, 0.1) is 11.4 Å². The molecule has 1 heterocycles. The van der Waals surface area contributed by atoms with Gasteiger partial charge >= 0.3 is 0 Å². The molecule has 2 aromatic rings. The van der Waals surface area contributed by atoms with E-state index in [-0.39, 0.29) is 0 Å². The van der Waals surface area contributed by atoms with Crippen LogP contribution >= 0.6 is 0 Å². The molecule has 3 heteroatoms. The van der Waals surface area contributed by atoms with Gasteiger partial charge in [0, 0.05) is 6.07 Å². The molecule has 0 spiro atoms. The van der Waals surface area contributed by atoms with Crippen LogP contribution in [0.2, 0.25) is 0 Å². The number of nitrogens with two attached hydrogens (primary N) is 1. The number of nitrogen functional groups attached to an aromatic ring is 1. The number of aromatic nitrogens is 2. The topological polar surface area (TPSA) is 43.8 Å². The summed E-state index contributed by atoms with van der Waals surface area (Å²) in [4.78, 5) is 0. The molecule has 1 aromatic heterocycles. The van der Waals surface area contributed by atoms with Crippen LogP contribution in [0, 0.1) is 0 Å². The lowest BCUT2D eigenvalue weighted by Gasteiger charge is -2.04. The van der Waals surface area contributed by atoms with E-state index in [2.05, 4.69) is 43.2 Å². The standard InChI is InChI=1S/C15H21N3/c1-3-5-6-13-11-15(16)18(17-13)14-9-7-12(4-2)8-10-14/h7-11H,3-6,16H2,1-2H3. The molecule has 0 bridgehead atoms. The maximum absolute atomic E-state index is 6.02. The quantitative estimate of drug-likeness (QED) is 0.875. The maximum Gasteiger partial charge on any atom is 0.127 e. The molecular weight excluding hydrogens is 222 g/mol. The van der Waals surface area contributed by atoms with Gasteiger partial charge < -0.3 is 5.73 Å². The lowest BCUT2D eigenvalue weighted by molar-refractivity contribution is 0.753. The highest BCUT2D eigenvalue weighted by Crippen LogP contribution is 2.16. The van der Waals surface area contributed by atoms with Crippen molar-refractivity contribution in [1.29, 1.82) is 0 Å². The number of nitrogens with zero attached hydrogens (tertiary/aromatic N) is 2. The third-order valence-corrected chi connectivity index (χ3v) is 3.16. The van der Waals surface area contributed by atoms with Crippen LogP contribution in [0.4, 0.5) is 5.82 Å². The summed E-state index contributed by atoms with van der Waals surface area (Å²) >= 11 is 0. The molecule has 0 atom stereocenters. The first-order valence-electron chi connectivity index (χ1n) is 6.68. The number of aryl methyl sites for hydroxylation is 2. The molecule has 0 unspecified atom stereocenters. The Labute approximate surface area is 109 Å². The fourth-order valence-corrected chi connectivity index (χ4v) is 2.01. The van der Waals surface area contributed by atoms with Gasteiger partial charge in [0.15, 0.2) is 0 Å². The summed E-state index contributed by atoms with van der Waals surface area (Å²) in [6.45, 7) is 4.34. The minimum atomic E-state index is 0.713. The van der Waals surface area contributed by atoms with E-state index in [0.29, 0.717) is 5.82 Å². The van der Waals surface area contributed by atoms with E-state index >= 15 is 0 Å². The Morgan fingerprint density at radius 3 is 2.50 bits per heavy atom. The average Bonchev–Trinajstić information content (AvgIpc) is 2.78. The first kappa shape index (κ1) is 12.7. The van der Waals surface area contributed by atoms with Crippen LogP contribution in [0.5, 0.6) is 0 Å². The van der Waals surface area contributed by atoms with Gasteiger partial charge in [0.25, 0.3) is 0 Å². The van der Waals surface area contributed by atoms with E-state index in [0.717, 1.165) is 30.6 Å². The second kappa shape index (κ2) is 5.71. The monoisotopic (exact) mass is 243 g/mol. The SMILES string of the molecule is CCCCc1cc(N)n(-c2ccc(CC)cc2)n1. The van der Waals surface area contributed by atoms with Gasteiger partial charge in [-0.3, -0.25) is 0 Å². The van der Waals surface area contributed by atoms with Gasteiger partial charge in [-0.25, -0.2) is 4.68 Å². The van der Waals surface area contributed by atoms with E-state index in [9.17, 15) is 0 Å². The second-order valence-corrected chi connectivity index (χ2v) is 4.60. The zero-order valence-electron chi connectivity index (χ0n) is 11.2. The van der Waals surface area contributed by atoms with Gasteiger partial charge in [-0.15, -0.1) is 0 Å². The summed E-state index contributed by atoms with van der Waals surface area (Å²) in [5, 5.41) is 4.56. The van der Waals surface area contributed by atoms with Crippen molar-refractivity contribution >= 4 is 5.82 Å². The molecule has 0 aliphatic rings. The number of hydrogen-bond acceptors (Lipinski definition) is 2. The fourth-order valence-electron chi connectivity index (χ4n) is 2.01. The molecule has 0 aliphatic heterocycles. The van der Waals surface area contributed by atoms with E-state index in [1.165, 1.54) is 12.0 Å². The van der Waals surface area contributed by atoms with Crippen LogP contribution in [0.15, 0.2) is 30.3 Å². The van der Waals surface area contributed by atoms with Crippen molar-refractivity contribution in [3.8, 4) is 5.69 Å². The summed E-state index contributed by atoms with van der Waals surface area (Å²) in [7, 11) is 0. The number of hydrogen-bond donors (Lipinski definition) is 1. The summed E-state index contributed by atoms with van der Waals surface area (Å²) in [6, 6.07) is 10.4. The largest absolute Gasteiger partial charge is 0.384 e. The predicted octanol–water partition coefficient (Wildman–Crippen LogP) is 3.36. The van der Waals surface area contributed by atoms with Gasteiger partial charge in [-0.1, -0.05) is 32.4 Å². The highest BCUT2D eigenvalue weighted by atomic mass is 15.3. The molecule has 0 aliphatic carbocycles. The van der Waals surface area contributed by atoms with Crippen LogP contribution < -0.4 is 5.73 Å². The lowest BCUT2D eigenvalue weighted by atomic mass is 10.1. The van der Waals surface area contributed by atoms with Crippen molar-refractivity contribution in [2.45, 2.75) is 39.5 Å². The van der Waals surface area contributed by atoms with Crippen LogP contribution in [0.1, 0.15) is 37.9 Å². The molecule has 2 N–H and O–H groups in total. The van der Waals surface area contributed by atoms with Gasteiger partial charge in [-0.05, 0) is 37.0 Å². The fraction of sp³-hybridized carbons (Fsp3) is 0.400. The van der Waals surface area contributed by atoms with Gasteiger partial charge in [-0.2, -0.15) is 5.10 Å². The van der Waals surface area contributed by atoms with Crippen LogP contribution in [-0.2, 0) is 12.8 Å². The molecule has 0 saturated heterocycles. The number of rotatable bonds is 5. The third-order valence-electron chi connectivity index (χ3n) is 3.16. The van der Waals surface area contributed by atoms with Gasteiger partial charge in [0.2, 0.25) is 0 Å². The smallest absolute Gasteiger partial charge is 0.127 e. The second-order valence-electron chi connectivity index (χ2n) is 4.60. The molecule has 96 valence electrons. The third kappa shape index (κ3) is 2.73. The summed E-state index contributed by atoms with van der Waals surface area (Å²) < 4.78 is 1.82. The highest BCUT2D eigenvalue weighted by molar-refractivity contribution is 5.43.